The molecule has 5 unspecified atom stereocenters. The van der Waals surface area contributed by atoms with Crippen molar-refractivity contribution >= 4 is 41.4 Å². The first-order valence-corrected chi connectivity index (χ1v) is 11.2. The molecule has 1 saturated carbocycles. The first-order valence-electron chi connectivity index (χ1n) is 9.22. The van der Waals surface area contributed by atoms with Crippen molar-refractivity contribution in [1.29, 1.82) is 0 Å². The third-order valence-electron chi connectivity index (χ3n) is 5.02. The normalized spacial score (nSPS) is 32.5. The summed E-state index contributed by atoms with van der Waals surface area (Å²) in [6, 6.07) is -0.858. The van der Waals surface area contributed by atoms with E-state index in [0.717, 1.165) is 19.3 Å². The van der Waals surface area contributed by atoms with Gasteiger partial charge in [-0.2, -0.15) is 13.2 Å². The van der Waals surface area contributed by atoms with Gasteiger partial charge in [-0.3, -0.25) is 20.2 Å². The van der Waals surface area contributed by atoms with Crippen LogP contribution in [-0.2, 0) is 9.59 Å². The minimum absolute atomic E-state index is 0.196. The molecule has 0 bridgehead atoms. The molecule has 158 valence electrons. The number of urea groups is 1. The Morgan fingerprint density at radius 1 is 1.07 bits per heavy atom. The average Bonchev–Trinajstić information content (AvgIpc) is 3.25. The third kappa shape index (κ3) is 5.69. The Labute approximate surface area is 169 Å². The van der Waals surface area contributed by atoms with Gasteiger partial charge in [0.15, 0.2) is 0 Å². The third-order valence-corrected chi connectivity index (χ3v) is 7.83. The first kappa shape index (κ1) is 21.6. The molecule has 2 aliphatic heterocycles. The number of halogens is 3. The van der Waals surface area contributed by atoms with Gasteiger partial charge in [-0.1, -0.05) is 12.8 Å². The maximum Gasteiger partial charge on any atom is 0.405 e. The van der Waals surface area contributed by atoms with Crippen molar-refractivity contribution in [1.82, 2.24) is 21.3 Å². The second-order valence-electron chi connectivity index (χ2n) is 7.09. The van der Waals surface area contributed by atoms with E-state index in [4.69, 9.17) is 0 Å². The summed E-state index contributed by atoms with van der Waals surface area (Å²) >= 11 is 3.01. The lowest BCUT2D eigenvalue weighted by Crippen LogP contribution is -2.51. The van der Waals surface area contributed by atoms with Crippen molar-refractivity contribution in [2.75, 3.05) is 12.3 Å². The van der Waals surface area contributed by atoms with Crippen molar-refractivity contribution in [3.63, 3.8) is 0 Å². The van der Waals surface area contributed by atoms with Gasteiger partial charge in [0.25, 0.3) is 0 Å². The second kappa shape index (κ2) is 9.12. The molecule has 0 aromatic rings. The Morgan fingerprint density at radius 3 is 2.54 bits per heavy atom. The predicted octanol–water partition coefficient (Wildman–Crippen LogP) is 1.54. The lowest BCUT2D eigenvalue weighted by molar-refractivity contribution is -0.127. The van der Waals surface area contributed by atoms with Gasteiger partial charge in [0.2, 0.25) is 11.8 Å². The summed E-state index contributed by atoms with van der Waals surface area (Å²) in [6.45, 7) is -1.52. The molecule has 1 aliphatic carbocycles. The Balaban J connectivity index is 1.48. The van der Waals surface area contributed by atoms with Crippen molar-refractivity contribution in [2.45, 2.75) is 60.3 Å². The molecule has 2 saturated heterocycles. The number of carbonyl (C=O) groups excluding carboxylic acids is 3. The van der Waals surface area contributed by atoms with Crippen LogP contribution in [0, 0.1) is 5.92 Å². The topological polar surface area (TPSA) is 99.3 Å². The molecule has 5 atom stereocenters. The fraction of sp³-hybridized carbons (Fsp3) is 0.812. The predicted molar refractivity (Wildman–Crippen MR) is 101 cm³/mol. The summed E-state index contributed by atoms with van der Waals surface area (Å²) < 4.78 is 36.4. The number of fused-ring (bicyclic) bond motifs is 1. The highest BCUT2D eigenvalue weighted by atomic mass is 32.2. The molecule has 3 aliphatic rings. The van der Waals surface area contributed by atoms with Gasteiger partial charge in [-0.15, -0.1) is 23.5 Å². The number of thioether (sulfide) groups is 2. The van der Waals surface area contributed by atoms with Crippen LogP contribution >= 0.6 is 23.5 Å². The van der Waals surface area contributed by atoms with Gasteiger partial charge in [-0.25, -0.2) is 4.79 Å². The molecule has 28 heavy (non-hydrogen) atoms. The van der Waals surface area contributed by atoms with Crippen molar-refractivity contribution in [3.8, 4) is 0 Å². The van der Waals surface area contributed by atoms with Crippen LogP contribution in [-0.4, -0.2) is 58.4 Å². The van der Waals surface area contributed by atoms with Crippen molar-refractivity contribution in [2.24, 2.45) is 5.92 Å². The highest BCUT2D eigenvalue weighted by Gasteiger charge is 2.42. The van der Waals surface area contributed by atoms with Crippen LogP contribution in [0.25, 0.3) is 0 Å². The van der Waals surface area contributed by atoms with Gasteiger partial charge in [0, 0.05) is 11.3 Å². The van der Waals surface area contributed by atoms with E-state index in [0.29, 0.717) is 23.5 Å². The van der Waals surface area contributed by atoms with E-state index < -0.39 is 36.0 Å². The monoisotopic (exact) mass is 440 g/mol. The quantitative estimate of drug-likeness (QED) is 0.529. The number of hydrogen-bond acceptors (Lipinski definition) is 6. The molecule has 3 rings (SSSR count). The number of hydrogen-bond donors (Lipinski definition) is 4. The largest absolute Gasteiger partial charge is 0.405 e. The number of imide groups is 1. The average molecular weight is 441 g/mol. The van der Waals surface area contributed by atoms with E-state index >= 15 is 0 Å². The fourth-order valence-electron chi connectivity index (χ4n) is 3.64. The number of alkyl halides is 3. The Kier molecular flexibility index (Phi) is 7.02. The van der Waals surface area contributed by atoms with Crippen molar-refractivity contribution < 1.29 is 27.6 Å². The van der Waals surface area contributed by atoms with E-state index in [9.17, 15) is 27.6 Å². The van der Waals surface area contributed by atoms with Crippen LogP contribution in [0.4, 0.5) is 18.0 Å². The smallest absolute Gasteiger partial charge is 0.341 e. The summed E-state index contributed by atoms with van der Waals surface area (Å²) in [5, 5.41) is 9.29. The molecule has 0 spiro atoms. The van der Waals surface area contributed by atoms with Gasteiger partial charge in [0.05, 0.1) is 11.3 Å². The zero-order chi connectivity index (χ0) is 20.3. The zero-order valence-corrected chi connectivity index (χ0v) is 16.6. The van der Waals surface area contributed by atoms with E-state index in [-0.39, 0.29) is 11.3 Å². The van der Waals surface area contributed by atoms with E-state index in [1.54, 1.807) is 17.1 Å². The molecule has 3 fully saturated rings. The van der Waals surface area contributed by atoms with Crippen LogP contribution in [0.3, 0.4) is 0 Å². The molecule has 0 aromatic heterocycles. The maximum absolute atomic E-state index is 12.6. The summed E-state index contributed by atoms with van der Waals surface area (Å²) in [5.41, 5.74) is 0. The molecule has 0 radical (unpaired) electrons. The highest BCUT2D eigenvalue weighted by molar-refractivity contribution is 8.01. The van der Waals surface area contributed by atoms with E-state index in [2.05, 4.69) is 10.6 Å². The van der Waals surface area contributed by atoms with E-state index in [1.165, 1.54) is 18.2 Å². The van der Waals surface area contributed by atoms with Gasteiger partial charge < -0.3 is 10.6 Å². The molecule has 7 nitrogen and oxygen atoms in total. The highest BCUT2D eigenvalue weighted by Crippen LogP contribution is 2.37. The van der Waals surface area contributed by atoms with E-state index in [1.807, 2.05) is 5.32 Å². The van der Waals surface area contributed by atoms with Crippen LogP contribution in [0.15, 0.2) is 0 Å². The number of amides is 4. The Morgan fingerprint density at radius 2 is 1.82 bits per heavy atom. The molecular weight excluding hydrogens is 417 g/mol. The zero-order valence-electron chi connectivity index (χ0n) is 15.0. The number of nitrogens with one attached hydrogen (secondary N) is 4. The summed E-state index contributed by atoms with van der Waals surface area (Å²) in [6.07, 6.45) is 0.343. The molecule has 12 heteroatoms. The molecule has 4 N–H and O–H groups in total. The van der Waals surface area contributed by atoms with Gasteiger partial charge >= 0.3 is 12.2 Å². The summed E-state index contributed by atoms with van der Waals surface area (Å²) in [7, 11) is 0. The van der Waals surface area contributed by atoms with Crippen LogP contribution < -0.4 is 21.3 Å². The molecule has 2 heterocycles. The summed E-state index contributed by atoms with van der Waals surface area (Å²) in [4.78, 5) is 36.4. The van der Waals surface area contributed by atoms with Gasteiger partial charge in [-0.05, 0) is 25.0 Å². The number of rotatable bonds is 4. The summed E-state index contributed by atoms with van der Waals surface area (Å²) in [5.74, 6) is -0.933. The maximum atomic E-state index is 12.6. The fourth-order valence-corrected chi connectivity index (χ4v) is 6.48. The molecule has 4 amide bonds. The molecule has 0 aromatic carbocycles. The first-order chi connectivity index (χ1) is 13.2. The minimum atomic E-state index is -4.55. The Hall–Kier alpha value is -1.14. The van der Waals surface area contributed by atoms with Crippen LogP contribution in [0.2, 0.25) is 0 Å². The lowest BCUT2D eigenvalue weighted by Gasteiger charge is -2.23. The van der Waals surface area contributed by atoms with Gasteiger partial charge in [0.1, 0.15) is 11.9 Å². The number of carbonyl (C=O) groups is 3. The van der Waals surface area contributed by atoms with Crippen LogP contribution in [0.1, 0.15) is 32.1 Å². The van der Waals surface area contributed by atoms with Crippen LogP contribution in [0.5, 0.6) is 0 Å². The van der Waals surface area contributed by atoms with Crippen molar-refractivity contribution in [3.05, 3.63) is 0 Å². The standard InChI is InChI=1S/C16H23F3N4O3S2/c17-16(18,19)7-20-15(26)23-11(24)8-5-6-27-13(8)22-12(25)14-21-9-3-1-2-4-10(9)28-14/h8-10,13-14,21H,1-7H2,(H,22,25)(H2,20,23,24,26). The SMILES string of the molecule is O=C(NCC(F)(F)F)NC(=O)C1CCSC1NC(=O)C1NC2CCCCC2S1. The molecular formula is C16H23F3N4O3S2. The Bertz CT molecular complexity index is 608. The second-order valence-corrected chi connectivity index (χ2v) is 9.69. The lowest BCUT2D eigenvalue weighted by atomic mass is 9.95. The minimum Gasteiger partial charge on any atom is -0.341 e.